The van der Waals surface area contributed by atoms with Gasteiger partial charge in [-0.05, 0) is 44.5 Å². The van der Waals surface area contributed by atoms with Crippen LogP contribution in [0.3, 0.4) is 0 Å². The van der Waals surface area contributed by atoms with Crippen LogP contribution in [0.1, 0.15) is 29.8 Å². The largest absolute Gasteiger partial charge is 0.352 e. The highest BCUT2D eigenvalue weighted by Crippen LogP contribution is 2.12. The molecule has 1 aromatic rings. The number of carbonyl (C=O) groups excluding carboxylic acids is 2. The van der Waals surface area contributed by atoms with Gasteiger partial charge < -0.3 is 10.2 Å². The Morgan fingerprint density at radius 1 is 1.37 bits per heavy atom. The SMILES string of the molecule is Cc1cc(F)ccc1C(=O)N(C)CC(=O)NC(C)C. The highest BCUT2D eigenvalue weighted by molar-refractivity contribution is 5.97. The number of nitrogens with one attached hydrogen (secondary N) is 1. The summed E-state index contributed by atoms with van der Waals surface area (Å²) in [6, 6.07) is 4.00. The van der Waals surface area contributed by atoms with Gasteiger partial charge in [0, 0.05) is 18.7 Å². The normalized spacial score (nSPS) is 10.4. The highest BCUT2D eigenvalue weighted by Gasteiger charge is 2.17. The van der Waals surface area contributed by atoms with Gasteiger partial charge in [-0.15, -0.1) is 0 Å². The molecule has 0 aromatic heterocycles. The minimum absolute atomic E-state index is 0.0200. The van der Waals surface area contributed by atoms with Crippen molar-refractivity contribution in [2.45, 2.75) is 26.8 Å². The Morgan fingerprint density at radius 3 is 2.53 bits per heavy atom. The maximum Gasteiger partial charge on any atom is 0.254 e. The van der Waals surface area contributed by atoms with Gasteiger partial charge in [0.15, 0.2) is 0 Å². The molecule has 2 amide bonds. The summed E-state index contributed by atoms with van der Waals surface area (Å²) < 4.78 is 13.0. The number of hydrogen-bond acceptors (Lipinski definition) is 2. The van der Waals surface area contributed by atoms with Crippen molar-refractivity contribution in [2.75, 3.05) is 13.6 Å². The van der Waals surface area contributed by atoms with E-state index in [1.165, 1.54) is 23.1 Å². The molecule has 0 atom stereocenters. The van der Waals surface area contributed by atoms with Gasteiger partial charge in [0.25, 0.3) is 5.91 Å². The first-order chi connectivity index (χ1) is 8.81. The number of likely N-dealkylation sites (N-methyl/N-ethyl adjacent to an activating group) is 1. The Morgan fingerprint density at radius 2 is 2.00 bits per heavy atom. The molecular weight excluding hydrogens is 247 g/mol. The molecule has 19 heavy (non-hydrogen) atoms. The number of carbonyl (C=O) groups is 2. The summed E-state index contributed by atoms with van der Waals surface area (Å²) in [4.78, 5) is 25.0. The summed E-state index contributed by atoms with van der Waals surface area (Å²) in [6.45, 7) is 5.35. The Labute approximate surface area is 112 Å². The van der Waals surface area contributed by atoms with E-state index in [9.17, 15) is 14.0 Å². The fraction of sp³-hybridized carbons (Fsp3) is 0.429. The molecule has 0 radical (unpaired) electrons. The quantitative estimate of drug-likeness (QED) is 0.902. The Hall–Kier alpha value is -1.91. The number of halogens is 1. The first-order valence-corrected chi connectivity index (χ1v) is 6.12. The lowest BCUT2D eigenvalue weighted by Crippen LogP contribution is -2.41. The van der Waals surface area contributed by atoms with Gasteiger partial charge >= 0.3 is 0 Å². The Kier molecular flexibility index (Phi) is 5.03. The van der Waals surface area contributed by atoms with Crippen LogP contribution in [0.5, 0.6) is 0 Å². The topological polar surface area (TPSA) is 49.4 Å². The third kappa shape index (κ3) is 4.35. The number of aryl methyl sites for hydroxylation is 1. The van der Waals surface area contributed by atoms with Crippen LogP contribution in [0.25, 0.3) is 0 Å². The van der Waals surface area contributed by atoms with Gasteiger partial charge in [-0.2, -0.15) is 0 Å². The van der Waals surface area contributed by atoms with E-state index in [1.807, 2.05) is 13.8 Å². The Bertz CT molecular complexity index is 486. The number of amides is 2. The molecule has 1 N–H and O–H groups in total. The van der Waals surface area contributed by atoms with E-state index >= 15 is 0 Å². The van der Waals surface area contributed by atoms with E-state index in [1.54, 1.807) is 14.0 Å². The lowest BCUT2D eigenvalue weighted by Gasteiger charge is -2.18. The van der Waals surface area contributed by atoms with Gasteiger partial charge in [-0.25, -0.2) is 4.39 Å². The standard InChI is InChI=1S/C14H19FN2O2/c1-9(2)16-13(18)8-17(4)14(19)12-6-5-11(15)7-10(12)3/h5-7,9H,8H2,1-4H3,(H,16,18). The third-order valence-corrected chi connectivity index (χ3v) is 2.60. The van der Waals surface area contributed by atoms with Crippen LogP contribution in [0.4, 0.5) is 4.39 Å². The summed E-state index contributed by atoms with van der Waals surface area (Å²) in [7, 11) is 1.55. The van der Waals surface area contributed by atoms with Crippen LogP contribution in [0.2, 0.25) is 0 Å². The van der Waals surface area contributed by atoms with Gasteiger partial charge in [0.2, 0.25) is 5.91 Å². The van der Waals surface area contributed by atoms with Crippen LogP contribution in [0, 0.1) is 12.7 Å². The summed E-state index contributed by atoms with van der Waals surface area (Å²) in [5, 5.41) is 2.71. The molecule has 0 aliphatic heterocycles. The first kappa shape index (κ1) is 15.1. The molecule has 0 spiro atoms. The van der Waals surface area contributed by atoms with Crippen molar-refractivity contribution in [1.82, 2.24) is 10.2 Å². The number of hydrogen-bond donors (Lipinski definition) is 1. The fourth-order valence-corrected chi connectivity index (χ4v) is 1.73. The van der Waals surface area contributed by atoms with Crippen LogP contribution < -0.4 is 5.32 Å². The van der Waals surface area contributed by atoms with Crippen LogP contribution in [-0.4, -0.2) is 36.3 Å². The molecule has 1 rings (SSSR count). The van der Waals surface area contributed by atoms with E-state index in [0.29, 0.717) is 11.1 Å². The Balaban J connectivity index is 2.74. The summed E-state index contributed by atoms with van der Waals surface area (Å²) in [6.07, 6.45) is 0. The van der Waals surface area contributed by atoms with Crippen molar-refractivity contribution in [3.05, 3.63) is 35.1 Å². The average Bonchev–Trinajstić information content (AvgIpc) is 2.26. The van der Waals surface area contributed by atoms with Crippen LogP contribution in [-0.2, 0) is 4.79 Å². The van der Waals surface area contributed by atoms with Crippen LogP contribution >= 0.6 is 0 Å². The second kappa shape index (κ2) is 6.31. The maximum absolute atomic E-state index is 13.0. The molecule has 104 valence electrons. The zero-order chi connectivity index (χ0) is 14.6. The molecule has 0 saturated carbocycles. The van der Waals surface area contributed by atoms with E-state index in [2.05, 4.69) is 5.32 Å². The fourth-order valence-electron chi connectivity index (χ4n) is 1.73. The lowest BCUT2D eigenvalue weighted by molar-refractivity contribution is -0.122. The number of rotatable bonds is 4. The van der Waals surface area contributed by atoms with Gasteiger partial charge in [-0.1, -0.05) is 0 Å². The molecule has 0 saturated heterocycles. The molecular formula is C14H19FN2O2. The smallest absolute Gasteiger partial charge is 0.254 e. The van der Waals surface area contributed by atoms with Gasteiger partial charge in [0.1, 0.15) is 5.82 Å². The van der Waals surface area contributed by atoms with Crippen molar-refractivity contribution < 1.29 is 14.0 Å². The lowest BCUT2D eigenvalue weighted by atomic mass is 10.1. The van der Waals surface area contributed by atoms with Crippen molar-refractivity contribution in [3.8, 4) is 0 Å². The monoisotopic (exact) mass is 266 g/mol. The zero-order valence-corrected chi connectivity index (χ0v) is 11.7. The van der Waals surface area contributed by atoms with Crippen LogP contribution in [0.15, 0.2) is 18.2 Å². The molecule has 1 aromatic carbocycles. The molecule has 5 heteroatoms. The summed E-state index contributed by atoms with van der Waals surface area (Å²) in [5.74, 6) is -0.892. The highest BCUT2D eigenvalue weighted by atomic mass is 19.1. The van der Waals surface area contributed by atoms with E-state index in [-0.39, 0.29) is 30.2 Å². The molecule has 0 aliphatic rings. The second-order valence-corrected chi connectivity index (χ2v) is 4.84. The maximum atomic E-state index is 13.0. The minimum atomic E-state index is -0.380. The molecule has 0 bridgehead atoms. The number of nitrogens with zero attached hydrogens (tertiary/aromatic N) is 1. The molecule has 0 heterocycles. The summed E-state index contributed by atoms with van der Waals surface area (Å²) >= 11 is 0. The third-order valence-electron chi connectivity index (χ3n) is 2.60. The minimum Gasteiger partial charge on any atom is -0.352 e. The zero-order valence-electron chi connectivity index (χ0n) is 11.7. The predicted molar refractivity (Wildman–Crippen MR) is 71.4 cm³/mol. The average molecular weight is 266 g/mol. The van der Waals surface area contributed by atoms with E-state index < -0.39 is 0 Å². The molecule has 0 fully saturated rings. The molecule has 0 unspecified atom stereocenters. The van der Waals surface area contributed by atoms with E-state index in [4.69, 9.17) is 0 Å². The first-order valence-electron chi connectivity index (χ1n) is 6.12. The summed E-state index contributed by atoms with van der Waals surface area (Å²) in [5.41, 5.74) is 0.961. The predicted octanol–water partition coefficient (Wildman–Crippen LogP) is 1.73. The molecule has 4 nitrogen and oxygen atoms in total. The molecule has 0 aliphatic carbocycles. The van der Waals surface area contributed by atoms with Crippen molar-refractivity contribution in [3.63, 3.8) is 0 Å². The second-order valence-electron chi connectivity index (χ2n) is 4.84. The van der Waals surface area contributed by atoms with Crippen molar-refractivity contribution in [1.29, 1.82) is 0 Å². The van der Waals surface area contributed by atoms with Crippen molar-refractivity contribution in [2.24, 2.45) is 0 Å². The van der Waals surface area contributed by atoms with Gasteiger partial charge in [-0.3, -0.25) is 9.59 Å². The van der Waals surface area contributed by atoms with E-state index in [0.717, 1.165) is 0 Å². The van der Waals surface area contributed by atoms with Crippen molar-refractivity contribution >= 4 is 11.8 Å². The van der Waals surface area contributed by atoms with Gasteiger partial charge in [0.05, 0.1) is 6.54 Å². The number of benzene rings is 1.